The molecule has 1 N–H and O–H groups in total. The van der Waals surface area contributed by atoms with Crippen LogP contribution in [0.3, 0.4) is 0 Å². The average Bonchev–Trinajstić information content (AvgIpc) is 2.16. The van der Waals surface area contributed by atoms with Crippen LogP contribution in [0.5, 0.6) is 0 Å². The molecule has 2 rings (SSSR count). The van der Waals surface area contributed by atoms with Gasteiger partial charge in [0.25, 0.3) is 10.0 Å². The van der Waals surface area contributed by atoms with Gasteiger partial charge < -0.3 is 5.32 Å². The molecule has 0 aliphatic carbocycles. The minimum absolute atomic E-state index is 0.0880. The van der Waals surface area contributed by atoms with Crippen LogP contribution >= 0.6 is 0 Å². The van der Waals surface area contributed by atoms with Crippen LogP contribution in [0.1, 0.15) is 12.6 Å². The van der Waals surface area contributed by atoms with Crippen LogP contribution < -0.4 is 5.32 Å². The molecule has 7 heteroatoms. The van der Waals surface area contributed by atoms with Crippen molar-refractivity contribution in [3.05, 3.63) is 12.0 Å². The van der Waals surface area contributed by atoms with Gasteiger partial charge in [-0.05, 0) is 6.42 Å². The fourth-order valence-corrected chi connectivity index (χ4v) is 2.39. The van der Waals surface area contributed by atoms with E-state index >= 15 is 0 Å². The third kappa shape index (κ3) is 1.25. The normalized spacial score (nSPS) is 17.2. The summed E-state index contributed by atoms with van der Waals surface area (Å²) in [5, 5.41) is 2.67. The van der Waals surface area contributed by atoms with E-state index in [4.69, 9.17) is 0 Å². The molecular weight excluding hydrogens is 204 g/mol. The maximum atomic E-state index is 11.5. The molecule has 1 aromatic rings. The number of hydrogen-bond donors (Lipinski definition) is 1. The Balaban J connectivity index is 2.76. The zero-order valence-electron chi connectivity index (χ0n) is 7.43. The summed E-state index contributed by atoms with van der Waals surface area (Å²) in [7, 11) is -3.60. The van der Waals surface area contributed by atoms with E-state index in [9.17, 15) is 8.42 Å². The summed E-state index contributed by atoms with van der Waals surface area (Å²) in [6.07, 6.45) is 2.98. The van der Waals surface area contributed by atoms with Gasteiger partial charge in [0, 0.05) is 0 Å². The van der Waals surface area contributed by atoms with E-state index in [1.165, 1.54) is 6.33 Å². The molecule has 1 aromatic heterocycles. The van der Waals surface area contributed by atoms with Crippen molar-refractivity contribution in [2.45, 2.75) is 18.2 Å². The van der Waals surface area contributed by atoms with Crippen molar-refractivity contribution in [3.8, 4) is 0 Å². The summed E-state index contributed by atoms with van der Waals surface area (Å²) in [6, 6.07) is 0. The van der Waals surface area contributed by atoms with E-state index in [1.807, 2.05) is 6.92 Å². The first kappa shape index (κ1) is 9.07. The molecule has 1 aliphatic heterocycles. The molecule has 0 aromatic carbocycles. The standard InChI is InChI=1S/C7H8N4O2S/c1-2-5-6-7(9-3-8-5)10-4-11-14(6,12)13/h3-4H,2H2,1H3,(H,8,9,10,11). The zero-order chi connectivity index (χ0) is 10.2. The third-order valence-corrected chi connectivity index (χ3v) is 3.19. The maximum Gasteiger partial charge on any atom is 0.289 e. The number of aryl methyl sites for hydroxylation is 1. The van der Waals surface area contributed by atoms with Crippen LogP contribution in [0, 0.1) is 0 Å². The van der Waals surface area contributed by atoms with E-state index in [0.29, 0.717) is 17.9 Å². The van der Waals surface area contributed by atoms with E-state index < -0.39 is 10.0 Å². The molecule has 0 saturated heterocycles. The second kappa shape index (κ2) is 3.02. The molecular formula is C7H8N4O2S. The molecule has 0 amide bonds. The van der Waals surface area contributed by atoms with E-state index in [2.05, 4.69) is 19.7 Å². The van der Waals surface area contributed by atoms with Crippen LogP contribution in [0.15, 0.2) is 15.6 Å². The van der Waals surface area contributed by atoms with Crippen molar-refractivity contribution in [2.24, 2.45) is 4.40 Å². The lowest BCUT2D eigenvalue weighted by molar-refractivity contribution is 0.595. The zero-order valence-corrected chi connectivity index (χ0v) is 8.24. The lowest BCUT2D eigenvalue weighted by Gasteiger charge is -2.12. The molecule has 1 aliphatic rings. The molecule has 0 unspecified atom stereocenters. The first-order valence-electron chi connectivity index (χ1n) is 4.04. The lowest BCUT2D eigenvalue weighted by Crippen LogP contribution is -2.16. The molecule has 0 bridgehead atoms. The van der Waals surface area contributed by atoms with Gasteiger partial charge in [-0.15, -0.1) is 4.40 Å². The van der Waals surface area contributed by atoms with Gasteiger partial charge in [-0.25, -0.2) is 9.97 Å². The fraction of sp³-hybridized carbons (Fsp3) is 0.286. The molecule has 0 fully saturated rings. The SMILES string of the molecule is CCc1ncnc2c1S(=O)(=O)N=CN2. The average molecular weight is 212 g/mol. The summed E-state index contributed by atoms with van der Waals surface area (Å²) in [4.78, 5) is 7.82. The predicted molar refractivity (Wildman–Crippen MR) is 50.7 cm³/mol. The molecule has 2 heterocycles. The number of fused-ring (bicyclic) bond motifs is 1. The van der Waals surface area contributed by atoms with Crippen LogP contribution in [0.2, 0.25) is 0 Å². The summed E-state index contributed by atoms with van der Waals surface area (Å²) >= 11 is 0. The third-order valence-electron chi connectivity index (χ3n) is 1.86. The number of nitrogens with zero attached hydrogens (tertiary/aromatic N) is 3. The van der Waals surface area contributed by atoms with Crippen LogP contribution in [-0.2, 0) is 16.4 Å². The number of hydrogen-bond acceptors (Lipinski definition) is 5. The van der Waals surface area contributed by atoms with Gasteiger partial charge in [0.15, 0.2) is 10.7 Å². The van der Waals surface area contributed by atoms with Crippen molar-refractivity contribution in [3.63, 3.8) is 0 Å². The highest BCUT2D eigenvalue weighted by Gasteiger charge is 2.25. The van der Waals surface area contributed by atoms with Crippen molar-refractivity contribution in [1.82, 2.24) is 9.97 Å². The lowest BCUT2D eigenvalue weighted by atomic mass is 10.3. The van der Waals surface area contributed by atoms with E-state index in [1.54, 1.807) is 0 Å². The molecule has 0 spiro atoms. The Hall–Kier alpha value is -1.50. The Morgan fingerprint density at radius 2 is 2.21 bits per heavy atom. The largest absolute Gasteiger partial charge is 0.329 e. The van der Waals surface area contributed by atoms with Gasteiger partial charge in [-0.2, -0.15) is 8.42 Å². The molecule has 74 valence electrons. The molecule has 14 heavy (non-hydrogen) atoms. The fourth-order valence-electron chi connectivity index (χ4n) is 1.25. The summed E-state index contributed by atoms with van der Waals surface area (Å²) in [6.45, 7) is 1.83. The van der Waals surface area contributed by atoms with Crippen LogP contribution in [0.4, 0.5) is 5.82 Å². The van der Waals surface area contributed by atoms with E-state index in [-0.39, 0.29) is 4.90 Å². The number of sulfonamides is 1. The smallest absolute Gasteiger partial charge is 0.289 e. The summed E-state index contributed by atoms with van der Waals surface area (Å²) in [5.41, 5.74) is 0.486. The van der Waals surface area contributed by atoms with E-state index in [0.717, 1.165) is 6.34 Å². The second-order valence-corrected chi connectivity index (χ2v) is 4.27. The van der Waals surface area contributed by atoms with Crippen LogP contribution in [-0.4, -0.2) is 24.7 Å². The Morgan fingerprint density at radius 3 is 2.93 bits per heavy atom. The number of nitrogens with one attached hydrogen (secondary N) is 1. The minimum Gasteiger partial charge on any atom is -0.329 e. The Kier molecular flexibility index (Phi) is 1.95. The first-order valence-corrected chi connectivity index (χ1v) is 5.48. The summed E-state index contributed by atoms with van der Waals surface area (Å²) < 4.78 is 26.4. The number of aromatic nitrogens is 2. The van der Waals surface area contributed by atoms with Gasteiger partial charge in [-0.1, -0.05) is 6.92 Å². The molecule has 6 nitrogen and oxygen atoms in total. The van der Waals surface area contributed by atoms with Gasteiger partial charge in [0.05, 0.1) is 5.69 Å². The Labute approximate surface area is 81.2 Å². The quantitative estimate of drug-likeness (QED) is 0.717. The second-order valence-electron chi connectivity index (χ2n) is 2.71. The Morgan fingerprint density at radius 1 is 1.43 bits per heavy atom. The van der Waals surface area contributed by atoms with Crippen LogP contribution in [0.25, 0.3) is 0 Å². The highest BCUT2D eigenvalue weighted by atomic mass is 32.2. The Bertz CT molecular complexity index is 494. The molecule has 0 atom stereocenters. The van der Waals surface area contributed by atoms with Crippen molar-refractivity contribution >= 4 is 22.2 Å². The van der Waals surface area contributed by atoms with Gasteiger partial charge in [0.1, 0.15) is 12.7 Å². The minimum atomic E-state index is -3.60. The number of rotatable bonds is 1. The first-order chi connectivity index (χ1) is 6.65. The topological polar surface area (TPSA) is 84.3 Å². The highest BCUT2D eigenvalue weighted by Crippen LogP contribution is 2.25. The highest BCUT2D eigenvalue weighted by molar-refractivity contribution is 7.90. The molecule has 0 saturated carbocycles. The van der Waals surface area contributed by atoms with Crippen molar-refractivity contribution in [1.29, 1.82) is 0 Å². The maximum absolute atomic E-state index is 11.5. The van der Waals surface area contributed by atoms with Crippen molar-refractivity contribution < 1.29 is 8.42 Å². The van der Waals surface area contributed by atoms with Gasteiger partial charge in [0.2, 0.25) is 0 Å². The van der Waals surface area contributed by atoms with Gasteiger partial charge >= 0.3 is 0 Å². The molecule has 0 radical (unpaired) electrons. The van der Waals surface area contributed by atoms with Gasteiger partial charge in [-0.3, -0.25) is 0 Å². The monoisotopic (exact) mass is 212 g/mol. The van der Waals surface area contributed by atoms with Crippen molar-refractivity contribution in [2.75, 3.05) is 5.32 Å². The predicted octanol–water partition coefficient (Wildman–Crippen LogP) is 0.181. The number of anilines is 1. The summed E-state index contributed by atoms with van der Waals surface area (Å²) in [5.74, 6) is 0.298.